The molecule has 138 valence electrons. The number of amides is 1. The van der Waals surface area contributed by atoms with Gasteiger partial charge in [0.2, 0.25) is 0 Å². The summed E-state index contributed by atoms with van der Waals surface area (Å²) in [6.45, 7) is 10.4. The first-order chi connectivity index (χ1) is 11.7. The average molecular weight is 349 g/mol. The number of hydrogen-bond acceptors (Lipinski definition) is 5. The zero-order valence-corrected chi connectivity index (χ0v) is 15.5. The van der Waals surface area contributed by atoms with E-state index in [0.29, 0.717) is 6.42 Å². The van der Waals surface area contributed by atoms with Crippen molar-refractivity contribution in [2.24, 2.45) is 5.92 Å². The smallest absolute Gasteiger partial charge is 0.303 e. The van der Waals surface area contributed by atoms with Gasteiger partial charge in [-0.2, -0.15) is 0 Å². The van der Waals surface area contributed by atoms with Gasteiger partial charge in [0, 0.05) is 6.92 Å². The van der Waals surface area contributed by atoms with Crippen molar-refractivity contribution in [3.8, 4) is 5.75 Å². The Kier molecular flexibility index (Phi) is 7.64. The third-order valence-electron chi connectivity index (χ3n) is 3.34. The quantitative estimate of drug-likeness (QED) is 0.444. The van der Waals surface area contributed by atoms with Crippen molar-refractivity contribution in [3.05, 3.63) is 42.5 Å². The second-order valence-electron chi connectivity index (χ2n) is 6.65. The summed E-state index contributed by atoms with van der Waals surface area (Å²) in [6, 6.07) is 7.34. The van der Waals surface area contributed by atoms with Crippen molar-refractivity contribution in [3.63, 3.8) is 0 Å². The topological polar surface area (TPSA) is 73.9 Å². The fourth-order valence-electron chi connectivity index (χ4n) is 2.14. The first kappa shape index (κ1) is 20.7. The van der Waals surface area contributed by atoms with Crippen molar-refractivity contribution in [1.29, 1.82) is 0 Å². The number of rotatable bonds is 8. The zero-order chi connectivity index (χ0) is 19.0. The van der Waals surface area contributed by atoms with E-state index < -0.39 is 23.6 Å². The van der Waals surface area contributed by atoms with Crippen molar-refractivity contribution in [2.45, 2.75) is 45.8 Å². The van der Waals surface area contributed by atoms with E-state index in [1.807, 2.05) is 45.0 Å². The molecule has 0 aliphatic heterocycles. The van der Waals surface area contributed by atoms with Gasteiger partial charge < -0.3 is 9.47 Å². The second kappa shape index (κ2) is 9.22. The van der Waals surface area contributed by atoms with Gasteiger partial charge in [0.15, 0.2) is 0 Å². The highest BCUT2D eigenvalue weighted by molar-refractivity contribution is 5.79. The van der Waals surface area contributed by atoms with E-state index in [0.717, 1.165) is 11.3 Å². The second-order valence-corrected chi connectivity index (χ2v) is 6.65. The standard InChI is InChI=1S/C19H27NO5/c1-7-17(24-13(2)21)16(18(22)20-25-19(3,4)5)12-14-8-10-15(23-6)11-9-14/h7-11,16-17H,1,12H2,2-6H3,(H,20,22)/t16-,17+/m0/s1. The summed E-state index contributed by atoms with van der Waals surface area (Å²) in [6.07, 6.45) is 1.04. The van der Waals surface area contributed by atoms with Crippen LogP contribution in [0.1, 0.15) is 33.3 Å². The van der Waals surface area contributed by atoms with Gasteiger partial charge >= 0.3 is 5.97 Å². The fraction of sp³-hybridized carbons (Fsp3) is 0.474. The molecule has 6 nitrogen and oxygen atoms in total. The summed E-state index contributed by atoms with van der Waals surface area (Å²) >= 11 is 0. The molecule has 1 aromatic rings. The number of benzene rings is 1. The van der Waals surface area contributed by atoms with Gasteiger partial charge in [-0.1, -0.05) is 24.8 Å². The summed E-state index contributed by atoms with van der Waals surface area (Å²) in [5.74, 6) is -0.802. The molecular weight excluding hydrogens is 322 g/mol. The summed E-state index contributed by atoms with van der Waals surface area (Å²) in [5.41, 5.74) is 2.81. The third kappa shape index (κ3) is 7.39. The maximum absolute atomic E-state index is 12.6. The summed E-state index contributed by atoms with van der Waals surface area (Å²) in [5, 5.41) is 0. The molecule has 1 amide bonds. The van der Waals surface area contributed by atoms with Crippen LogP contribution in [-0.4, -0.2) is 30.7 Å². The largest absolute Gasteiger partial charge is 0.497 e. The number of esters is 1. The molecule has 0 radical (unpaired) electrons. The van der Waals surface area contributed by atoms with Gasteiger partial charge in [0.05, 0.1) is 18.6 Å². The highest BCUT2D eigenvalue weighted by Crippen LogP contribution is 2.20. The molecule has 2 atom stereocenters. The van der Waals surface area contributed by atoms with Gasteiger partial charge in [0.25, 0.3) is 5.91 Å². The van der Waals surface area contributed by atoms with Crippen LogP contribution in [0.4, 0.5) is 0 Å². The van der Waals surface area contributed by atoms with Crippen molar-refractivity contribution < 1.29 is 23.9 Å². The Labute approximate surface area is 149 Å². The van der Waals surface area contributed by atoms with Crippen LogP contribution in [0.25, 0.3) is 0 Å². The molecule has 1 aromatic carbocycles. The molecule has 6 heteroatoms. The Morgan fingerprint density at radius 2 is 1.84 bits per heavy atom. The molecule has 1 rings (SSSR count). The van der Waals surface area contributed by atoms with E-state index in [-0.39, 0.29) is 5.91 Å². The molecule has 0 aliphatic carbocycles. The van der Waals surface area contributed by atoms with E-state index in [9.17, 15) is 9.59 Å². The van der Waals surface area contributed by atoms with Crippen molar-refractivity contribution >= 4 is 11.9 Å². The van der Waals surface area contributed by atoms with Gasteiger partial charge in [-0.3, -0.25) is 14.4 Å². The van der Waals surface area contributed by atoms with Crippen molar-refractivity contribution in [1.82, 2.24) is 5.48 Å². The zero-order valence-electron chi connectivity index (χ0n) is 15.5. The van der Waals surface area contributed by atoms with Crippen LogP contribution in [0.15, 0.2) is 36.9 Å². The minimum Gasteiger partial charge on any atom is -0.497 e. The van der Waals surface area contributed by atoms with Gasteiger partial charge in [0.1, 0.15) is 11.9 Å². The third-order valence-corrected chi connectivity index (χ3v) is 3.34. The van der Waals surface area contributed by atoms with E-state index >= 15 is 0 Å². The summed E-state index contributed by atoms with van der Waals surface area (Å²) in [7, 11) is 1.59. The predicted octanol–water partition coefficient (Wildman–Crippen LogP) is 2.82. The van der Waals surface area contributed by atoms with E-state index in [1.165, 1.54) is 13.0 Å². The number of methoxy groups -OCH3 is 1. The molecule has 0 saturated carbocycles. The summed E-state index contributed by atoms with van der Waals surface area (Å²) in [4.78, 5) is 29.3. The van der Waals surface area contributed by atoms with Crippen molar-refractivity contribution in [2.75, 3.05) is 7.11 Å². The van der Waals surface area contributed by atoms with Crippen LogP contribution in [0.3, 0.4) is 0 Å². The minimum atomic E-state index is -0.761. The Balaban J connectivity index is 2.97. The molecule has 25 heavy (non-hydrogen) atoms. The molecule has 0 aliphatic rings. The van der Waals surface area contributed by atoms with Gasteiger partial charge in [-0.05, 0) is 44.9 Å². The number of carbonyl (C=O) groups excluding carboxylic acids is 2. The highest BCUT2D eigenvalue weighted by atomic mass is 16.7. The average Bonchev–Trinajstić information content (AvgIpc) is 2.55. The Morgan fingerprint density at radius 3 is 2.28 bits per heavy atom. The molecule has 0 bridgehead atoms. The monoisotopic (exact) mass is 349 g/mol. The van der Waals surface area contributed by atoms with Gasteiger partial charge in [-0.25, -0.2) is 5.48 Å². The molecule has 0 fully saturated rings. The van der Waals surface area contributed by atoms with Crippen LogP contribution in [0, 0.1) is 5.92 Å². The van der Waals surface area contributed by atoms with E-state index in [4.69, 9.17) is 14.3 Å². The summed E-state index contributed by atoms with van der Waals surface area (Å²) < 4.78 is 10.4. The first-order valence-electron chi connectivity index (χ1n) is 8.07. The van der Waals surface area contributed by atoms with Crippen LogP contribution >= 0.6 is 0 Å². The number of nitrogens with one attached hydrogen (secondary N) is 1. The minimum absolute atomic E-state index is 0.354. The van der Waals surface area contributed by atoms with E-state index in [2.05, 4.69) is 12.1 Å². The lowest BCUT2D eigenvalue weighted by Gasteiger charge is -2.26. The first-order valence-corrected chi connectivity index (χ1v) is 8.07. The molecule has 0 saturated heterocycles. The van der Waals surface area contributed by atoms with Crippen LogP contribution in [0.5, 0.6) is 5.75 Å². The Hall–Kier alpha value is -2.34. The van der Waals surface area contributed by atoms with Crippen LogP contribution in [0.2, 0.25) is 0 Å². The molecule has 0 spiro atoms. The molecule has 0 heterocycles. The maximum atomic E-state index is 12.6. The lowest BCUT2D eigenvalue weighted by Crippen LogP contribution is -2.43. The molecule has 1 N–H and O–H groups in total. The van der Waals surface area contributed by atoms with E-state index in [1.54, 1.807) is 7.11 Å². The van der Waals surface area contributed by atoms with Crippen LogP contribution < -0.4 is 10.2 Å². The molecular formula is C19H27NO5. The lowest BCUT2D eigenvalue weighted by molar-refractivity contribution is -0.158. The number of hydrogen-bond donors (Lipinski definition) is 1. The molecule has 0 aromatic heterocycles. The number of hydroxylamine groups is 1. The normalized spacial score (nSPS) is 13.5. The number of ether oxygens (including phenoxy) is 2. The predicted molar refractivity (Wildman–Crippen MR) is 94.9 cm³/mol. The van der Waals surface area contributed by atoms with Crippen LogP contribution in [-0.2, 0) is 25.6 Å². The fourth-order valence-corrected chi connectivity index (χ4v) is 2.14. The Morgan fingerprint density at radius 1 is 1.24 bits per heavy atom. The molecule has 0 unspecified atom stereocenters. The Bertz CT molecular complexity index is 589. The maximum Gasteiger partial charge on any atom is 0.303 e. The SMILES string of the molecule is C=C[C@@H](OC(C)=O)[C@H](Cc1ccc(OC)cc1)C(=O)NOC(C)(C)C. The lowest BCUT2D eigenvalue weighted by atomic mass is 9.93. The highest BCUT2D eigenvalue weighted by Gasteiger charge is 2.30. The number of carbonyl (C=O) groups is 2. The van der Waals surface area contributed by atoms with Gasteiger partial charge in [-0.15, -0.1) is 0 Å².